The van der Waals surface area contributed by atoms with E-state index in [0.717, 1.165) is 31.2 Å². The molecule has 0 amide bonds. The van der Waals surface area contributed by atoms with Crippen molar-refractivity contribution in [2.24, 2.45) is 39.9 Å². The van der Waals surface area contributed by atoms with Crippen LogP contribution in [0.1, 0.15) is 97.0 Å². The molecule has 4 saturated carbocycles. The number of rotatable bonds is 4. The van der Waals surface area contributed by atoms with Crippen molar-refractivity contribution >= 4 is 15.9 Å². The van der Waals surface area contributed by atoms with Gasteiger partial charge in [-0.25, -0.2) is 0 Å². The maximum absolute atomic E-state index is 13.3. The Morgan fingerprint density at radius 1 is 0.973 bits per heavy atom. The van der Waals surface area contributed by atoms with Gasteiger partial charge in [0.05, 0.1) is 11.0 Å². The van der Waals surface area contributed by atoms with Crippen LogP contribution >= 0.6 is 0 Å². The second-order valence-electron chi connectivity index (χ2n) is 13.6. The number of ketones is 1. The average molecular weight is 525 g/mol. The van der Waals surface area contributed by atoms with E-state index in [2.05, 4.69) is 19.9 Å². The summed E-state index contributed by atoms with van der Waals surface area (Å²) >= 11 is 0. The highest BCUT2D eigenvalue weighted by molar-refractivity contribution is 7.86. The lowest BCUT2D eigenvalue weighted by Gasteiger charge is -2.60. The first kappa shape index (κ1) is 25.8. The number of carbonyl (C=O) groups is 1. The van der Waals surface area contributed by atoms with Crippen LogP contribution in [0.4, 0.5) is 0 Å². The van der Waals surface area contributed by atoms with Gasteiger partial charge in [-0.1, -0.05) is 56.0 Å². The summed E-state index contributed by atoms with van der Waals surface area (Å²) in [6.45, 7) is 8.79. The first-order valence-electron chi connectivity index (χ1n) is 14.7. The molecule has 0 N–H and O–H groups in total. The van der Waals surface area contributed by atoms with Crippen molar-refractivity contribution in [2.75, 3.05) is 0 Å². The molecule has 0 aromatic heterocycles. The molecule has 4 nitrogen and oxygen atoms in total. The van der Waals surface area contributed by atoms with Crippen LogP contribution < -0.4 is 0 Å². The van der Waals surface area contributed by atoms with Crippen molar-refractivity contribution in [3.05, 3.63) is 41.5 Å². The lowest BCUT2D eigenvalue weighted by Crippen LogP contribution is -2.55. The Hall–Kier alpha value is -1.46. The minimum absolute atomic E-state index is 0.0956. The summed E-state index contributed by atoms with van der Waals surface area (Å²) in [5.74, 6) is 2.93. The van der Waals surface area contributed by atoms with Gasteiger partial charge in [0.15, 0.2) is 0 Å². The third-order valence-corrected chi connectivity index (χ3v) is 13.7. The molecule has 6 rings (SSSR count). The lowest BCUT2D eigenvalue weighted by atomic mass is 9.44. The van der Waals surface area contributed by atoms with E-state index < -0.39 is 10.1 Å². The number of hydrogen-bond donors (Lipinski definition) is 0. The van der Waals surface area contributed by atoms with E-state index >= 15 is 0 Å². The summed E-state index contributed by atoms with van der Waals surface area (Å²) in [6, 6.07) is 6.94. The normalized spacial score (nSPS) is 43.1. The second kappa shape index (κ2) is 8.78. The fourth-order valence-electron chi connectivity index (χ4n) is 10.4. The Bertz CT molecular complexity index is 1220. The van der Waals surface area contributed by atoms with Gasteiger partial charge in [0.25, 0.3) is 10.1 Å². The van der Waals surface area contributed by atoms with Gasteiger partial charge < -0.3 is 0 Å². The van der Waals surface area contributed by atoms with Crippen LogP contribution in [0, 0.1) is 46.8 Å². The largest absolute Gasteiger partial charge is 0.299 e. The maximum atomic E-state index is 13.3. The maximum Gasteiger partial charge on any atom is 0.297 e. The van der Waals surface area contributed by atoms with Gasteiger partial charge in [-0.2, -0.15) is 8.42 Å². The molecule has 0 bridgehead atoms. The molecule has 0 aliphatic heterocycles. The van der Waals surface area contributed by atoms with Crippen LogP contribution in [0.15, 0.2) is 40.8 Å². The Labute approximate surface area is 223 Å². The highest BCUT2D eigenvalue weighted by Gasteiger charge is 2.68. The van der Waals surface area contributed by atoms with E-state index in [-0.39, 0.29) is 27.2 Å². The van der Waals surface area contributed by atoms with Crippen molar-refractivity contribution < 1.29 is 17.4 Å². The summed E-state index contributed by atoms with van der Waals surface area (Å²) in [7, 11) is -3.76. The monoisotopic (exact) mass is 524 g/mol. The zero-order chi connectivity index (χ0) is 26.2. The van der Waals surface area contributed by atoms with E-state index in [1.807, 2.05) is 26.0 Å². The molecule has 0 radical (unpaired) electrons. The standard InChI is InChI=1S/C32H44O4S/c1-21-8-11-26(12-9-21)37(34,35)36-25-14-17-30(3)23(19-25)10-13-27-28(30)15-18-31(4)29(27)20-24-7-5-6-16-32(24,31)22(2)33/h8-12,24-25,27-29H,5-7,13-20H2,1-4H3/t24-,25-,27-,28+,29+,30+,31+,32-/m1/s1. The third kappa shape index (κ3) is 3.69. The van der Waals surface area contributed by atoms with Crippen LogP contribution in [0.5, 0.6) is 0 Å². The molecule has 202 valence electrons. The molecule has 5 aliphatic carbocycles. The van der Waals surface area contributed by atoms with Crippen LogP contribution in [0.3, 0.4) is 0 Å². The summed E-state index contributed by atoms with van der Waals surface area (Å²) in [6.07, 6.45) is 14.2. The van der Waals surface area contributed by atoms with E-state index in [4.69, 9.17) is 4.18 Å². The topological polar surface area (TPSA) is 60.4 Å². The molecule has 1 aromatic rings. The summed E-state index contributed by atoms with van der Waals surface area (Å²) in [4.78, 5) is 13.6. The molecular weight excluding hydrogens is 480 g/mol. The van der Waals surface area contributed by atoms with Gasteiger partial charge in [-0.3, -0.25) is 8.98 Å². The van der Waals surface area contributed by atoms with Crippen molar-refractivity contribution in [1.82, 2.24) is 0 Å². The molecule has 4 fully saturated rings. The predicted octanol–water partition coefficient (Wildman–Crippen LogP) is 7.41. The van der Waals surface area contributed by atoms with E-state index in [1.165, 1.54) is 44.1 Å². The van der Waals surface area contributed by atoms with Crippen LogP contribution in [-0.4, -0.2) is 20.3 Å². The van der Waals surface area contributed by atoms with Crippen molar-refractivity contribution in [3.63, 3.8) is 0 Å². The fourth-order valence-corrected chi connectivity index (χ4v) is 11.5. The number of fused-ring (bicyclic) bond motifs is 7. The van der Waals surface area contributed by atoms with Gasteiger partial charge >= 0.3 is 0 Å². The van der Waals surface area contributed by atoms with Gasteiger partial charge in [-0.15, -0.1) is 0 Å². The van der Waals surface area contributed by atoms with E-state index in [9.17, 15) is 13.2 Å². The SMILES string of the molecule is CC(=O)[C@]12CCCC[C@@H]1C[C@H]1[C@@H]3CC=C4C[C@H](OS(=O)(=O)c5ccc(C)cc5)CC[C@]4(C)[C@H]3CC[C@@]12C. The molecular formula is C32H44O4S. The van der Waals surface area contributed by atoms with E-state index in [0.29, 0.717) is 35.9 Å². The minimum Gasteiger partial charge on any atom is -0.299 e. The summed E-state index contributed by atoms with van der Waals surface area (Å²) in [5.41, 5.74) is 2.61. The van der Waals surface area contributed by atoms with Crippen LogP contribution in [-0.2, 0) is 19.1 Å². The van der Waals surface area contributed by atoms with Crippen molar-refractivity contribution in [2.45, 2.75) is 109 Å². The molecule has 0 spiro atoms. The molecule has 0 saturated heterocycles. The fraction of sp³-hybridized carbons (Fsp3) is 0.719. The molecule has 8 atom stereocenters. The third-order valence-electron chi connectivity index (χ3n) is 12.3. The molecule has 0 unspecified atom stereocenters. The minimum atomic E-state index is -3.76. The summed E-state index contributed by atoms with van der Waals surface area (Å²) in [5, 5.41) is 0. The zero-order valence-corrected chi connectivity index (χ0v) is 23.9. The number of Topliss-reactive ketones (excluding diaryl/α,β-unsaturated/α-hetero) is 1. The number of aryl methyl sites for hydroxylation is 1. The smallest absolute Gasteiger partial charge is 0.297 e. The second-order valence-corrected chi connectivity index (χ2v) is 15.2. The highest BCUT2D eigenvalue weighted by atomic mass is 32.2. The van der Waals surface area contributed by atoms with Crippen molar-refractivity contribution in [3.8, 4) is 0 Å². The Balaban J connectivity index is 1.24. The first-order valence-corrected chi connectivity index (χ1v) is 16.1. The number of benzene rings is 1. The quantitative estimate of drug-likeness (QED) is 0.304. The van der Waals surface area contributed by atoms with Gasteiger partial charge in [0.2, 0.25) is 0 Å². The van der Waals surface area contributed by atoms with Gasteiger partial charge in [0, 0.05) is 5.41 Å². The van der Waals surface area contributed by atoms with Crippen LogP contribution in [0.25, 0.3) is 0 Å². The van der Waals surface area contributed by atoms with E-state index in [1.54, 1.807) is 12.1 Å². The molecule has 5 aliphatic rings. The lowest BCUT2D eigenvalue weighted by molar-refractivity contribution is -0.147. The van der Waals surface area contributed by atoms with Crippen molar-refractivity contribution in [1.29, 1.82) is 0 Å². The zero-order valence-electron chi connectivity index (χ0n) is 23.1. The number of allylic oxidation sites excluding steroid dienone is 1. The van der Waals surface area contributed by atoms with Crippen LogP contribution in [0.2, 0.25) is 0 Å². The summed E-state index contributed by atoms with van der Waals surface area (Å²) < 4.78 is 31.8. The molecule has 37 heavy (non-hydrogen) atoms. The predicted molar refractivity (Wildman–Crippen MR) is 145 cm³/mol. The Morgan fingerprint density at radius 3 is 2.46 bits per heavy atom. The molecule has 1 aromatic carbocycles. The first-order chi connectivity index (χ1) is 17.5. The number of hydrogen-bond acceptors (Lipinski definition) is 4. The Kier molecular flexibility index (Phi) is 6.12. The molecule has 5 heteroatoms. The van der Waals surface area contributed by atoms with Gasteiger partial charge in [0.1, 0.15) is 5.78 Å². The van der Waals surface area contributed by atoms with Gasteiger partial charge in [-0.05, 0) is 118 Å². The average Bonchev–Trinajstić information content (AvgIpc) is 3.14. The number of carbonyl (C=O) groups excluding carboxylic acids is 1. The highest BCUT2D eigenvalue weighted by Crippen LogP contribution is 2.73. The molecule has 0 heterocycles. The Morgan fingerprint density at radius 2 is 1.73 bits per heavy atom.